The van der Waals surface area contributed by atoms with E-state index in [4.69, 9.17) is 5.73 Å². The molecule has 0 fully saturated rings. The van der Waals surface area contributed by atoms with Crippen LogP contribution in [0.2, 0.25) is 0 Å². The zero-order chi connectivity index (χ0) is 16.2. The SMILES string of the molecule is Cc1cccc(Nc2ncnc(Nc3ccc(F)cc3)c2N)n1. The van der Waals surface area contributed by atoms with Gasteiger partial charge in [-0.3, -0.25) is 0 Å². The minimum absolute atomic E-state index is 0.306. The first-order chi connectivity index (χ1) is 11.1. The Hall–Kier alpha value is -3.22. The molecule has 2 heterocycles. The van der Waals surface area contributed by atoms with Crippen LogP contribution in [-0.4, -0.2) is 15.0 Å². The number of nitrogens with two attached hydrogens (primary N) is 1. The highest BCUT2D eigenvalue weighted by molar-refractivity contribution is 5.79. The average molecular weight is 310 g/mol. The Morgan fingerprint density at radius 1 is 0.957 bits per heavy atom. The molecule has 0 radical (unpaired) electrons. The highest BCUT2D eigenvalue weighted by Gasteiger charge is 2.09. The molecule has 0 aliphatic rings. The normalized spacial score (nSPS) is 10.3. The zero-order valence-corrected chi connectivity index (χ0v) is 12.4. The first-order valence-corrected chi connectivity index (χ1v) is 6.95. The fourth-order valence-corrected chi connectivity index (χ4v) is 2.00. The number of anilines is 5. The fourth-order valence-electron chi connectivity index (χ4n) is 2.00. The number of rotatable bonds is 4. The van der Waals surface area contributed by atoms with Gasteiger partial charge in [-0.2, -0.15) is 0 Å². The molecule has 0 unspecified atom stereocenters. The summed E-state index contributed by atoms with van der Waals surface area (Å²) < 4.78 is 12.9. The number of nitrogens with zero attached hydrogens (tertiary/aromatic N) is 3. The monoisotopic (exact) mass is 310 g/mol. The summed E-state index contributed by atoms with van der Waals surface area (Å²) in [6, 6.07) is 11.5. The number of nitrogen functional groups attached to an aromatic ring is 1. The summed E-state index contributed by atoms with van der Waals surface area (Å²) in [4.78, 5) is 12.6. The van der Waals surface area contributed by atoms with Crippen LogP contribution in [0.3, 0.4) is 0 Å². The van der Waals surface area contributed by atoms with E-state index < -0.39 is 0 Å². The predicted molar refractivity (Wildman–Crippen MR) is 88.4 cm³/mol. The lowest BCUT2D eigenvalue weighted by Gasteiger charge is -2.12. The van der Waals surface area contributed by atoms with Crippen LogP contribution in [0, 0.1) is 12.7 Å². The maximum Gasteiger partial charge on any atom is 0.160 e. The molecule has 2 aromatic heterocycles. The van der Waals surface area contributed by atoms with Crippen LogP contribution in [0.5, 0.6) is 0 Å². The van der Waals surface area contributed by atoms with Crippen molar-refractivity contribution in [3.63, 3.8) is 0 Å². The van der Waals surface area contributed by atoms with Gasteiger partial charge in [0.25, 0.3) is 0 Å². The van der Waals surface area contributed by atoms with Gasteiger partial charge in [0, 0.05) is 11.4 Å². The number of nitrogens with one attached hydrogen (secondary N) is 2. The summed E-state index contributed by atoms with van der Waals surface area (Å²) in [6.07, 6.45) is 1.39. The van der Waals surface area contributed by atoms with Crippen LogP contribution in [0.15, 0.2) is 48.8 Å². The number of benzene rings is 1. The third-order valence-electron chi connectivity index (χ3n) is 3.13. The van der Waals surface area contributed by atoms with Crippen molar-refractivity contribution in [3.05, 3.63) is 60.3 Å². The third kappa shape index (κ3) is 3.52. The van der Waals surface area contributed by atoms with E-state index in [9.17, 15) is 4.39 Å². The second-order valence-corrected chi connectivity index (χ2v) is 4.91. The molecular weight excluding hydrogens is 295 g/mol. The van der Waals surface area contributed by atoms with E-state index in [1.54, 1.807) is 12.1 Å². The molecule has 0 bridgehead atoms. The lowest BCUT2D eigenvalue weighted by atomic mass is 10.3. The molecule has 0 saturated carbocycles. The number of halogens is 1. The van der Waals surface area contributed by atoms with E-state index in [1.807, 2.05) is 25.1 Å². The molecule has 116 valence electrons. The average Bonchev–Trinajstić information content (AvgIpc) is 2.53. The summed E-state index contributed by atoms with van der Waals surface area (Å²) >= 11 is 0. The van der Waals surface area contributed by atoms with Crippen molar-refractivity contribution in [2.75, 3.05) is 16.4 Å². The number of hydrogen-bond donors (Lipinski definition) is 3. The van der Waals surface area contributed by atoms with Crippen molar-refractivity contribution in [1.82, 2.24) is 15.0 Å². The molecule has 23 heavy (non-hydrogen) atoms. The minimum Gasteiger partial charge on any atom is -0.393 e. The summed E-state index contributed by atoms with van der Waals surface area (Å²) in [7, 11) is 0. The van der Waals surface area contributed by atoms with Gasteiger partial charge in [-0.25, -0.2) is 19.3 Å². The molecule has 0 aliphatic carbocycles. The minimum atomic E-state index is -0.306. The van der Waals surface area contributed by atoms with E-state index in [2.05, 4.69) is 25.6 Å². The van der Waals surface area contributed by atoms with E-state index in [-0.39, 0.29) is 5.82 Å². The highest BCUT2D eigenvalue weighted by Crippen LogP contribution is 2.27. The Balaban J connectivity index is 1.84. The van der Waals surface area contributed by atoms with Crippen molar-refractivity contribution < 1.29 is 4.39 Å². The van der Waals surface area contributed by atoms with E-state index in [1.165, 1.54) is 18.5 Å². The van der Waals surface area contributed by atoms with Crippen LogP contribution < -0.4 is 16.4 Å². The van der Waals surface area contributed by atoms with Gasteiger partial charge in [-0.15, -0.1) is 0 Å². The zero-order valence-electron chi connectivity index (χ0n) is 12.4. The van der Waals surface area contributed by atoms with Gasteiger partial charge in [0.05, 0.1) is 0 Å². The number of aromatic nitrogens is 3. The molecule has 0 saturated heterocycles. The van der Waals surface area contributed by atoms with Gasteiger partial charge >= 0.3 is 0 Å². The summed E-state index contributed by atoms with van der Waals surface area (Å²) in [5.41, 5.74) is 8.00. The molecule has 0 aliphatic heterocycles. The Morgan fingerprint density at radius 2 is 1.65 bits per heavy atom. The first-order valence-electron chi connectivity index (χ1n) is 6.95. The summed E-state index contributed by atoms with van der Waals surface area (Å²) in [6.45, 7) is 1.90. The van der Waals surface area contributed by atoms with Crippen LogP contribution in [0.4, 0.5) is 33.2 Å². The standard InChI is InChI=1S/C16H15FN6/c1-10-3-2-4-13(21-10)23-16-14(18)15(19-9-20-16)22-12-7-5-11(17)6-8-12/h2-9H,18H2,1H3,(H2,19,20,21,22,23). The third-order valence-corrected chi connectivity index (χ3v) is 3.13. The molecule has 0 atom stereocenters. The Kier molecular flexibility index (Phi) is 4.01. The molecule has 6 nitrogen and oxygen atoms in total. The van der Waals surface area contributed by atoms with E-state index >= 15 is 0 Å². The largest absolute Gasteiger partial charge is 0.393 e. The second-order valence-electron chi connectivity index (χ2n) is 4.91. The maximum absolute atomic E-state index is 12.9. The molecule has 7 heteroatoms. The molecule has 0 spiro atoms. The van der Waals surface area contributed by atoms with Gasteiger partial charge in [-0.05, 0) is 43.3 Å². The Morgan fingerprint density at radius 3 is 2.35 bits per heavy atom. The molecule has 4 N–H and O–H groups in total. The molecule has 3 aromatic rings. The molecular formula is C16H15FN6. The smallest absolute Gasteiger partial charge is 0.160 e. The number of aryl methyl sites for hydroxylation is 1. The summed E-state index contributed by atoms with van der Waals surface area (Å²) in [5, 5.41) is 6.09. The van der Waals surface area contributed by atoms with E-state index in [0.717, 1.165) is 5.69 Å². The number of pyridine rings is 1. The van der Waals surface area contributed by atoms with E-state index in [0.29, 0.717) is 28.8 Å². The van der Waals surface area contributed by atoms with Crippen LogP contribution in [-0.2, 0) is 0 Å². The van der Waals surface area contributed by atoms with Gasteiger partial charge in [0.15, 0.2) is 11.6 Å². The van der Waals surface area contributed by atoms with Crippen LogP contribution in [0.1, 0.15) is 5.69 Å². The maximum atomic E-state index is 12.9. The van der Waals surface area contributed by atoms with Crippen molar-refractivity contribution in [2.24, 2.45) is 0 Å². The van der Waals surface area contributed by atoms with Crippen molar-refractivity contribution in [1.29, 1.82) is 0 Å². The van der Waals surface area contributed by atoms with Gasteiger partial charge in [-0.1, -0.05) is 6.07 Å². The number of hydrogen-bond acceptors (Lipinski definition) is 6. The van der Waals surface area contributed by atoms with Crippen LogP contribution >= 0.6 is 0 Å². The Bertz CT molecular complexity index is 819. The summed E-state index contributed by atoms with van der Waals surface area (Å²) in [5.74, 6) is 1.21. The first kappa shape index (κ1) is 14.7. The predicted octanol–water partition coefficient (Wildman–Crippen LogP) is 3.39. The van der Waals surface area contributed by atoms with Crippen molar-refractivity contribution in [3.8, 4) is 0 Å². The molecule has 3 rings (SSSR count). The quantitative estimate of drug-likeness (QED) is 0.684. The second kappa shape index (κ2) is 6.27. The Labute approximate surface area is 132 Å². The lowest BCUT2D eigenvalue weighted by molar-refractivity contribution is 0.628. The molecule has 0 amide bonds. The highest BCUT2D eigenvalue weighted by atomic mass is 19.1. The van der Waals surface area contributed by atoms with Crippen molar-refractivity contribution in [2.45, 2.75) is 6.92 Å². The van der Waals surface area contributed by atoms with Gasteiger partial charge in [0.2, 0.25) is 0 Å². The van der Waals surface area contributed by atoms with Crippen molar-refractivity contribution >= 4 is 28.8 Å². The van der Waals surface area contributed by atoms with Gasteiger partial charge < -0.3 is 16.4 Å². The van der Waals surface area contributed by atoms with Crippen LogP contribution in [0.25, 0.3) is 0 Å². The molecule has 1 aromatic carbocycles. The lowest BCUT2D eigenvalue weighted by Crippen LogP contribution is -2.06. The van der Waals surface area contributed by atoms with Gasteiger partial charge in [0.1, 0.15) is 23.6 Å². The topological polar surface area (TPSA) is 88.8 Å². The fraction of sp³-hybridized carbons (Fsp3) is 0.0625.